The summed E-state index contributed by atoms with van der Waals surface area (Å²) in [5.41, 5.74) is 2.53. The first-order valence-electron chi connectivity index (χ1n) is 4.35. The van der Waals surface area contributed by atoms with Crippen molar-refractivity contribution in [2.24, 2.45) is 0 Å². The number of aromatic nitrogens is 3. The summed E-state index contributed by atoms with van der Waals surface area (Å²) >= 11 is 0. The standard InChI is InChI=1S/C9H8N4/c10-5-7-8(6-1-2-6)12-13-4-3-11-9(7)13/h3-4,6,12H,1-2H2. The third-order valence-electron chi connectivity index (χ3n) is 2.47. The number of hydrogen-bond acceptors (Lipinski definition) is 2. The van der Waals surface area contributed by atoms with Gasteiger partial charge in [-0.15, -0.1) is 0 Å². The highest BCUT2D eigenvalue weighted by Gasteiger charge is 2.29. The van der Waals surface area contributed by atoms with Crippen LogP contribution in [0.25, 0.3) is 5.65 Å². The fraction of sp³-hybridized carbons (Fsp3) is 0.333. The molecule has 1 aliphatic rings. The van der Waals surface area contributed by atoms with Gasteiger partial charge in [0.1, 0.15) is 11.6 Å². The number of hydrogen-bond donors (Lipinski definition) is 1. The lowest BCUT2D eigenvalue weighted by Gasteiger charge is -1.89. The Kier molecular flexibility index (Phi) is 1.10. The molecule has 0 aromatic carbocycles. The number of imidazole rings is 1. The van der Waals surface area contributed by atoms with Gasteiger partial charge in [0.05, 0.1) is 5.69 Å². The first-order valence-corrected chi connectivity index (χ1v) is 4.35. The van der Waals surface area contributed by atoms with E-state index in [0.29, 0.717) is 11.5 Å². The molecule has 2 aromatic heterocycles. The largest absolute Gasteiger partial charge is 0.295 e. The Hall–Kier alpha value is -1.76. The average Bonchev–Trinajstić information content (AvgIpc) is 2.76. The van der Waals surface area contributed by atoms with Crippen LogP contribution in [-0.2, 0) is 0 Å². The molecule has 1 saturated carbocycles. The van der Waals surface area contributed by atoms with E-state index in [4.69, 9.17) is 5.26 Å². The Balaban J connectivity index is 2.33. The summed E-state index contributed by atoms with van der Waals surface area (Å²) in [6.07, 6.45) is 5.92. The normalized spacial score (nSPS) is 16.2. The maximum atomic E-state index is 8.98. The molecular weight excluding hydrogens is 164 g/mol. The van der Waals surface area contributed by atoms with Crippen LogP contribution in [0.2, 0.25) is 0 Å². The van der Waals surface area contributed by atoms with E-state index in [9.17, 15) is 0 Å². The lowest BCUT2D eigenvalue weighted by Crippen LogP contribution is -1.85. The molecule has 0 saturated heterocycles. The Bertz CT molecular complexity index is 495. The first kappa shape index (κ1) is 6.72. The highest BCUT2D eigenvalue weighted by Crippen LogP contribution is 2.41. The minimum Gasteiger partial charge on any atom is -0.295 e. The molecule has 0 aliphatic heterocycles. The second kappa shape index (κ2) is 2.13. The van der Waals surface area contributed by atoms with Gasteiger partial charge in [0.25, 0.3) is 0 Å². The first-order chi connectivity index (χ1) is 6.40. The number of nitrogens with one attached hydrogen (secondary N) is 1. The zero-order valence-corrected chi connectivity index (χ0v) is 6.99. The van der Waals surface area contributed by atoms with Crippen LogP contribution in [-0.4, -0.2) is 14.6 Å². The van der Waals surface area contributed by atoms with Gasteiger partial charge < -0.3 is 0 Å². The third-order valence-corrected chi connectivity index (χ3v) is 2.47. The van der Waals surface area contributed by atoms with Gasteiger partial charge in [-0.05, 0) is 12.8 Å². The van der Waals surface area contributed by atoms with E-state index < -0.39 is 0 Å². The molecule has 2 aromatic rings. The lowest BCUT2D eigenvalue weighted by molar-refractivity contribution is 0.897. The molecule has 1 fully saturated rings. The summed E-state index contributed by atoms with van der Waals surface area (Å²) in [7, 11) is 0. The van der Waals surface area contributed by atoms with Crippen molar-refractivity contribution < 1.29 is 0 Å². The van der Waals surface area contributed by atoms with E-state index in [2.05, 4.69) is 16.2 Å². The fourth-order valence-corrected chi connectivity index (χ4v) is 1.66. The van der Waals surface area contributed by atoms with E-state index >= 15 is 0 Å². The number of rotatable bonds is 1. The molecule has 2 heterocycles. The zero-order valence-electron chi connectivity index (χ0n) is 6.99. The van der Waals surface area contributed by atoms with E-state index in [-0.39, 0.29) is 0 Å². The second-order valence-electron chi connectivity index (χ2n) is 3.41. The Morgan fingerprint density at radius 2 is 2.46 bits per heavy atom. The molecule has 0 unspecified atom stereocenters. The fourth-order valence-electron chi connectivity index (χ4n) is 1.66. The minimum atomic E-state index is 0.566. The second-order valence-corrected chi connectivity index (χ2v) is 3.41. The predicted molar refractivity (Wildman–Crippen MR) is 46.2 cm³/mol. The van der Waals surface area contributed by atoms with Crippen molar-refractivity contribution in [2.45, 2.75) is 18.8 Å². The topological polar surface area (TPSA) is 56.9 Å². The van der Waals surface area contributed by atoms with Gasteiger partial charge in [-0.25, -0.2) is 9.50 Å². The average molecular weight is 172 g/mol. The number of H-pyrrole nitrogens is 1. The molecule has 0 radical (unpaired) electrons. The monoisotopic (exact) mass is 172 g/mol. The summed E-state index contributed by atoms with van der Waals surface area (Å²) in [6.45, 7) is 0. The Morgan fingerprint density at radius 3 is 3.15 bits per heavy atom. The van der Waals surface area contributed by atoms with Crippen LogP contribution in [0.15, 0.2) is 12.4 Å². The van der Waals surface area contributed by atoms with Crippen molar-refractivity contribution in [2.75, 3.05) is 0 Å². The molecule has 1 N–H and O–H groups in total. The summed E-state index contributed by atoms with van der Waals surface area (Å²) in [6, 6.07) is 2.21. The van der Waals surface area contributed by atoms with Gasteiger partial charge in [-0.3, -0.25) is 5.10 Å². The van der Waals surface area contributed by atoms with E-state index in [1.54, 1.807) is 6.20 Å². The molecule has 1 aliphatic carbocycles. The van der Waals surface area contributed by atoms with Crippen molar-refractivity contribution in [3.05, 3.63) is 23.7 Å². The summed E-state index contributed by atoms with van der Waals surface area (Å²) < 4.78 is 1.81. The number of nitrogens with zero attached hydrogens (tertiary/aromatic N) is 3. The quantitative estimate of drug-likeness (QED) is 0.707. The lowest BCUT2D eigenvalue weighted by atomic mass is 10.2. The van der Waals surface area contributed by atoms with Gasteiger partial charge in [0.15, 0.2) is 5.65 Å². The van der Waals surface area contributed by atoms with Gasteiger partial charge in [-0.2, -0.15) is 5.26 Å². The number of nitriles is 1. The van der Waals surface area contributed by atoms with Gasteiger partial charge in [0, 0.05) is 18.3 Å². The highest BCUT2D eigenvalue weighted by atomic mass is 15.3. The van der Waals surface area contributed by atoms with Crippen LogP contribution < -0.4 is 0 Å². The molecular formula is C9H8N4. The Labute approximate surface area is 74.8 Å². The maximum absolute atomic E-state index is 8.98. The van der Waals surface area contributed by atoms with Crippen LogP contribution in [0.4, 0.5) is 0 Å². The molecule has 0 atom stereocenters. The molecule has 4 heteroatoms. The highest BCUT2D eigenvalue weighted by molar-refractivity contribution is 5.58. The van der Waals surface area contributed by atoms with Crippen LogP contribution in [0.3, 0.4) is 0 Å². The van der Waals surface area contributed by atoms with Crippen LogP contribution >= 0.6 is 0 Å². The van der Waals surface area contributed by atoms with E-state index in [1.165, 1.54) is 12.8 Å². The van der Waals surface area contributed by atoms with Crippen LogP contribution in [0.5, 0.6) is 0 Å². The van der Waals surface area contributed by atoms with Gasteiger partial charge in [-0.1, -0.05) is 0 Å². The van der Waals surface area contributed by atoms with Gasteiger partial charge in [0.2, 0.25) is 0 Å². The molecule has 0 spiro atoms. The van der Waals surface area contributed by atoms with E-state index in [0.717, 1.165) is 11.3 Å². The molecule has 3 rings (SSSR count). The molecule has 0 amide bonds. The zero-order chi connectivity index (χ0) is 8.84. The van der Waals surface area contributed by atoms with Crippen molar-refractivity contribution in [1.82, 2.24) is 14.6 Å². The summed E-state index contributed by atoms with van der Waals surface area (Å²) in [5.74, 6) is 0.566. The van der Waals surface area contributed by atoms with Crippen LogP contribution in [0.1, 0.15) is 30.0 Å². The van der Waals surface area contributed by atoms with Crippen LogP contribution in [0, 0.1) is 11.3 Å². The number of aromatic amines is 1. The summed E-state index contributed by atoms with van der Waals surface area (Å²) in [4.78, 5) is 4.13. The predicted octanol–water partition coefficient (Wildman–Crippen LogP) is 1.41. The van der Waals surface area contributed by atoms with Crippen molar-refractivity contribution in [3.63, 3.8) is 0 Å². The molecule has 13 heavy (non-hydrogen) atoms. The SMILES string of the molecule is N#Cc1c(C2CC2)[nH]n2ccnc12. The molecule has 0 bridgehead atoms. The molecule has 64 valence electrons. The van der Waals surface area contributed by atoms with E-state index in [1.807, 2.05) is 10.7 Å². The summed E-state index contributed by atoms with van der Waals surface area (Å²) in [5, 5.41) is 12.2. The third kappa shape index (κ3) is 0.813. The Morgan fingerprint density at radius 1 is 1.62 bits per heavy atom. The maximum Gasteiger partial charge on any atom is 0.171 e. The van der Waals surface area contributed by atoms with Gasteiger partial charge >= 0.3 is 0 Å². The molecule has 4 nitrogen and oxygen atoms in total. The van der Waals surface area contributed by atoms with Crippen molar-refractivity contribution >= 4 is 5.65 Å². The smallest absolute Gasteiger partial charge is 0.171 e. The van der Waals surface area contributed by atoms with Crippen molar-refractivity contribution in [1.29, 1.82) is 5.26 Å². The minimum absolute atomic E-state index is 0.566. The number of fused-ring (bicyclic) bond motifs is 1. The van der Waals surface area contributed by atoms with Crippen molar-refractivity contribution in [3.8, 4) is 6.07 Å².